The molecule has 6 fully saturated rings. The van der Waals surface area contributed by atoms with Gasteiger partial charge in [0.2, 0.25) is 0 Å². The number of hydrogen-bond donors (Lipinski definition) is 2. The van der Waals surface area contributed by atoms with Gasteiger partial charge in [0.1, 0.15) is 17.0 Å². The Morgan fingerprint density at radius 2 is 1.82 bits per heavy atom. The highest BCUT2D eigenvalue weighted by atomic mass is 16.2. The molecule has 0 saturated heterocycles. The van der Waals surface area contributed by atoms with Gasteiger partial charge in [-0.1, -0.05) is 19.9 Å². The average Bonchev–Trinajstić information content (AvgIpc) is 3.44. The van der Waals surface area contributed by atoms with Crippen molar-refractivity contribution in [1.82, 2.24) is 24.9 Å². The zero-order chi connectivity index (χ0) is 22.8. The predicted octanol–water partition coefficient (Wildman–Crippen LogP) is 2.96. The van der Waals surface area contributed by atoms with Crippen molar-refractivity contribution in [2.75, 3.05) is 32.7 Å². The quantitative estimate of drug-likeness (QED) is 0.617. The maximum Gasteiger partial charge on any atom is 0.271 e. The number of rotatable bonds is 9. The molecule has 3 atom stereocenters. The topological polar surface area (TPSA) is 78.7 Å². The summed E-state index contributed by atoms with van der Waals surface area (Å²) in [7, 11) is 0. The minimum Gasteiger partial charge on any atom is -0.350 e. The monoisotopic (exact) mass is 449 g/mol. The van der Waals surface area contributed by atoms with Gasteiger partial charge in [0.25, 0.3) is 11.8 Å². The molecule has 7 heteroatoms. The molecule has 6 saturated carbocycles. The molecule has 6 aliphatic rings. The van der Waals surface area contributed by atoms with Crippen molar-refractivity contribution in [3.63, 3.8) is 0 Å². The molecule has 0 aromatic carbocycles. The van der Waals surface area contributed by atoms with E-state index in [0.29, 0.717) is 29.0 Å². The van der Waals surface area contributed by atoms with Crippen LogP contribution < -0.4 is 10.6 Å². The molecule has 0 aliphatic heterocycles. The summed E-state index contributed by atoms with van der Waals surface area (Å²) in [6, 6.07) is 5.49. The normalized spacial score (nSPS) is 33.0. The first kappa shape index (κ1) is 21.1. The molecular weight excluding hydrogens is 414 g/mol. The number of carbonyl (C=O) groups excluding carboxylic acids is 2. The zero-order valence-electron chi connectivity index (χ0n) is 19.8. The van der Waals surface area contributed by atoms with Crippen LogP contribution in [0.5, 0.6) is 0 Å². The summed E-state index contributed by atoms with van der Waals surface area (Å²) in [6.45, 7) is 8.31. The van der Waals surface area contributed by atoms with Crippen LogP contribution in [0, 0.1) is 28.6 Å². The smallest absolute Gasteiger partial charge is 0.271 e. The second-order valence-electron chi connectivity index (χ2n) is 11.0. The average molecular weight is 450 g/mol. The maximum atomic E-state index is 13.2. The van der Waals surface area contributed by atoms with Gasteiger partial charge in [-0.25, -0.2) is 4.98 Å². The maximum absolute atomic E-state index is 13.2. The van der Waals surface area contributed by atoms with E-state index >= 15 is 0 Å². The first-order valence-corrected chi connectivity index (χ1v) is 12.7. The number of fused-ring (bicyclic) bond motifs is 1. The van der Waals surface area contributed by atoms with Gasteiger partial charge in [-0.05, 0) is 85.9 Å². The van der Waals surface area contributed by atoms with Crippen LogP contribution in [0.1, 0.15) is 66.9 Å². The van der Waals surface area contributed by atoms with Crippen LogP contribution in [-0.4, -0.2) is 58.8 Å². The summed E-state index contributed by atoms with van der Waals surface area (Å²) in [5, 5.41) is 6.21. The lowest BCUT2D eigenvalue weighted by molar-refractivity contribution is -0.136. The molecule has 0 radical (unpaired) electrons. The lowest BCUT2D eigenvalue weighted by atomic mass is 9.42. The second kappa shape index (κ2) is 7.55. The minimum absolute atomic E-state index is 0.0762. The third-order valence-electron chi connectivity index (χ3n) is 9.52. The molecular formula is C26H35N5O2. The molecule has 2 amide bonds. The van der Waals surface area contributed by atoms with Gasteiger partial charge in [-0.2, -0.15) is 0 Å². The lowest BCUT2D eigenvalue weighted by Crippen LogP contribution is -2.58. The molecule has 1 spiro atoms. The van der Waals surface area contributed by atoms with Gasteiger partial charge in [-0.15, -0.1) is 0 Å². The van der Waals surface area contributed by atoms with E-state index in [9.17, 15) is 9.59 Å². The van der Waals surface area contributed by atoms with Crippen LogP contribution >= 0.6 is 0 Å². The first-order valence-electron chi connectivity index (χ1n) is 12.7. The van der Waals surface area contributed by atoms with Crippen LogP contribution in [0.15, 0.2) is 24.4 Å². The SMILES string of the molecule is CCN(CC)CCNC(=O)c1cn2c(C(=O)NCC34CC5CC(C3)C53CC3C4)cccc2n1. The number of amides is 2. The Morgan fingerprint density at radius 1 is 1.06 bits per heavy atom. The molecule has 4 bridgehead atoms. The number of carbonyl (C=O) groups is 2. The molecule has 2 aromatic heterocycles. The number of pyridine rings is 1. The van der Waals surface area contributed by atoms with Crippen molar-refractivity contribution in [3.8, 4) is 0 Å². The van der Waals surface area contributed by atoms with Crippen LogP contribution in [-0.2, 0) is 0 Å². The van der Waals surface area contributed by atoms with E-state index < -0.39 is 0 Å². The Labute approximate surface area is 195 Å². The molecule has 8 rings (SSSR count). The summed E-state index contributed by atoms with van der Waals surface area (Å²) in [4.78, 5) is 32.5. The Balaban J connectivity index is 1.12. The molecule has 2 N–H and O–H groups in total. The number of hydrogen-bond acceptors (Lipinski definition) is 4. The van der Waals surface area contributed by atoms with Gasteiger partial charge in [0, 0.05) is 25.8 Å². The highest BCUT2D eigenvalue weighted by Gasteiger charge is 2.77. The van der Waals surface area contributed by atoms with Gasteiger partial charge < -0.3 is 15.5 Å². The van der Waals surface area contributed by atoms with E-state index in [1.165, 1.54) is 32.1 Å². The Kier molecular flexibility index (Phi) is 4.84. The summed E-state index contributed by atoms with van der Waals surface area (Å²) in [5.41, 5.74) is 2.56. The minimum atomic E-state index is -0.201. The van der Waals surface area contributed by atoms with E-state index in [1.54, 1.807) is 10.6 Å². The Hall–Kier alpha value is -2.41. The number of likely N-dealkylation sites (N-methyl/N-ethyl adjacent to an activating group) is 1. The molecule has 33 heavy (non-hydrogen) atoms. The number of imidazole rings is 1. The van der Waals surface area contributed by atoms with Crippen molar-refractivity contribution in [2.24, 2.45) is 28.6 Å². The standard InChI is InChI=1S/C26H35N5O2/c1-3-30(4-2)9-8-27-23(32)20-15-31-21(6-5-7-22(31)29-20)24(33)28-16-25-11-17-10-18(12-25)26(17)14-19(26)13-25/h5-7,15,17-19H,3-4,8-14,16H2,1-2H3,(H,27,32)(H,28,33). The van der Waals surface area contributed by atoms with Gasteiger partial charge in [0.05, 0.1) is 0 Å². The second-order valence-corrected chi connectivity index (χ2v) is 11.0. The van der Waals surface area contributed by atoms with E-state index in [4.69, 9.17) is 0 Å². The number of nitrogens with zero attached hydrogens (tertiary/aromatic N) is 3. The molecule has 6 aliphatic carbocycles. The fraction of sp³-hybridized carbons (Fsp3) is 0.654. The highest BCUT2D eigenvalue weighted by Crippen LogP contribution is 2.84. The molecule has 176 valence electrons. The third kappa shape index (κ3) is 3.22. The lowest BCUT2D eigenvalue weighted by Gasteiger charge is -2.63. The third-order valence-corrected chi connectivity index (χ3v) is 9.52. The zero-order valence-corrected chi connectivity index (χ0v) is 19.8. The van der Waals surface area contributed by atoms with Gasteiger partial charge in [0.15, 0.2) is 0 Å². The predicted molar refractivity (Wildman–Crippen MR) is 126 cm³/mol. The van der Waals surface area contributed by atoms with Crippen LogP contribution in [0.2, 0.25) is 0 Å². The van der Waals surface area contributed by atoms with Crippen LogP contribution in [0.25, 0.3) is 5.65 Å². The van der Waals surface area contributed by atoms with Crippen molar-refractivity contribution in [2.45, 2.75) is 46.0 Å². The van der Waals surface area contributed by atoms with E-state index in [2.05, 4.69) is 34.4 Å². The Bertz CT molecular complexity index is 1090. The Morgan fingerprint density at radius 3 is 2.55 bits per heavy atom. The van der Waals surface area contributed by atoms with Gasteiger partial charge >= 0.3 is 0 Å². The fourth-order valence-electron chi connectivity index (χ4n) is 7.79. The van der Waals surface area contributed by atoms with Crippen LogP contribution in [0.4, 0.5) is 0 Å². The highest BCUT2D eigenvalue weighted by molar-refractivity contribution is 5.95. The molecule has 3 unspecified atom stereocenters. The van der Waals surface area contributed by atoms with E-state index in [-0.39, 0.29) is 11.8 Å². The fourth-order valence-corrected chi connectivity index (χ4v) is 7.79. The van der Waals surface area contributed by atoms with Crippen molar-refractivity contribution >= 4 is 17.5 Å². The van der Waals surface area contributed by atoms with E-state index in [1.807, 2.05) is 18.2 Å². The first-order chi connectivity index (χ1) is 16.0. The summed E-state index contributed by atoms with van der Waals surface area (Å²) >= 11 is 0. The summed E-state index contributed by atoms with van der Waals surface area (Å²) in [5.74, 6) is 2.50. The summed E-state index contributed by atoms with van der Waals surface area (Å²) in [6.07, 6.45) is 8.46. The largest absolute Gasteiger partial charge is 0.350 e. The number of nitrogens with one attached hydrogen (secondary N) is 2. The van der Waals surface area contributed by atoms with Crippen molar-refractivity contribution in [1.29, 1.82) is 0 Å². The molecule has 2 aromatic rings. The van der Waals surface area contributed by atoms with Gasteiger partial charge in [-0.3, -0.25) is 14.0 Å². The number of aromatic nitrogens is 2. The summed E-state index contributed by atoms with van der Waals surface area (Å²) < 4.78 is 1.75. The van der Waals surface area contributed by atoms with Crippen LogP contribution in [0.3, 0.4) is 0 Å². The molecule has 2 heterocycles. The van der Waals surface area contributed by atoms with E-state index in [0.717, 1.165) is 49.3 Å². The van der Waals surface area contributed by atoms with Crippen molar-refractivity contribution in [3.05, 3.63) is 35.8 Å². The molecule has 7 nitrogen and oxygen atoms in total. The van der Waals surface area contributed by atoms with Crippen molar-refractivity contribution < 1.29 is 9.59 Å².